The van der Waals surface area contributed by atoms with Crippen molar-refractivity contribution in [1.29, 1.82) is 0 Å². The highest BCUT2D eigenvalue weighted by Gasteiger charge is 2.52. The third kappa shape index (κ3) is 3.23. The van der Waals surface area contributed by atoms with Crippen LogP contribution in [0.15, 0.2) is 22.9 Å². The molecule has 2 amide bonds. The van der Waals surface area contributed by atoms with E-state index >= 15 is 0 Å². The molecule has 1 saturated heterocycles. The fourth-order valence-corrected chi connectivity index (χ4v) is 4.73. The van der Waals surface area contributed by atoms with E-state index in [-0.39, 0.29) is 11.3 Å². The maximum atomic E-state index is 13.0. The van der Waals surface area contributed by atoms with E-state index in [4.69, 9.17) is 5.21 Å². The van der Waals surface area contributed by atoms with Gasteiger partial charge in [0.2, 0.25) is 11.8 Å². The first-order chi connectivity index (χ1) is 12.1. The molecule has 2 aliphatic heterocycles. The molecule has 134 valence electrons. The minimum Gasteiger partial charge on any atom is -0.337 e. The van der Waals surface area contributed by atoms with Gasteiger partial charge in [0.25, 0.3) is 0 Å². The van der Waals surface area contributed by atoms with E-state index in [0.29, 0.717) is 19.5 Å². The first-order valence-electron chi connectivity index (χ1n) is 8.80. The monoisotopic (exact) mass is 361 g/mol. The first kappa shape index (κ1) is 16.8. The Balaban J connectivity index is 1.45. The van der Waals surface area contributed by atoms with Crippen molar-refractivity contribution in [3.8, 4) is 0 Å². The molecule has 25 heavy (non-hydrogen) atoms. The summed E-state index contributed by atoms with van der Waals surface area (Å²) in [6.45, 7) is 2.01. The normalized spacial score (nSPS) is 27.7. The predicted molar refractivity (Wildman–Crippen MR) is 95.0 cm³/mol. The molecule has 4 rings (SSSR count). The van der Waals surface area contributed by atoms with Gasteiger partial charge in [0.05, 0.1) is 12.0 Å². The van der Waals surface area contributed by atoms with Crippen molar-refractivity contribution in [3.63, 3.8) is 0 Å². The topological polar surface area (TPSA) is 81.7 Å². The second kappa shape index (κ2) is 6.55. The van der Waals surface area contributed by atoms with Crippen molar-refractivity contribution >= 4 is 28.7 Å². The molecule has 3 heterocycles. The van der Waals surface area contributed by atoms with E-state index in [2.05, 4.69) is 28.2 Å². The molecule has 1 aromatic heterocycles. The number of amides is 2. The molecule has 1 spiro atoms. The van der Waals surface area contributed by atoms with Crippen LogP contribution in [-0.2, 0) is 9.59 Å². The minimum atomic E-state index is -0.547. The second-order valence-corrected chi connectivity index (χ2v) is 8.20. The largest absolute Gasteiger partial charge is 0.337 e. The van der Waals surface area contributed by atoms with Crippen LogP contribution in [0.25, 0.3) is 5.57 Å². The highest BCUT2D eigenvalue weighted by atomic mass is 32.1. The van der Waals surface area contributed by atoms with Crippen molar-refractivity contribution < 1.29 is 14.8 Å². The minimum absolute atomic E-state index is 0.0373. The van der Waals surface area contributed by atoms with Crippen molar-refractivity contribution in [1.82, 2.24) is 15.7 Å². The molecule has 1 saturated carbocycles. The summed E-state index contributed by atoms with van der Waals surface area (Å²) in [6, 6.07) is 1.56. The zero-order valence-electron chi connectivity index (χ0n) is 14.0. The summed E-state index contributed by atoms with van der Waals surface area (Å²) in [4.78, 5) is 26.9. The SMILES string of the molecule is O=C(NO)[C@H]1CC2(CC2)CN[C@@H]1C(=O)N1CC=C(c2ccsc2)CC1. The smallest absolute Gasteiger partial charge is 0.248 e. The van der Waals surface area contributed by atoms with E-state index < -0.39 is 17.9 Å². The Kier molecular flexibility index (Phi) is 4.39. The molecular weight excluding hydrogens is 338 g/mol. The third-order valence-electron chi connectivity index (χ3n) is 5.84. The van der Waals surface area contributed by atoms with Crippen LogP contribution in [0.3, 0.4) is 0 Å². The van der Waals surface area contributed by atoms with Crippen LogP contribution >= 0.6 is 11.3 Å². The summed E-state index contributed by atoms with van der Waals surface area (Å²) in [6.07, 6.45) is 5.79. The number of hydrogen-bond acceptors (Lipinski definition) is 5. The molecule has 0 unspecified atom stereocenters. The average Bonchev–Trinajstić information content (AvgIpc) is 3.18. The molecule has 0 bridgehead atoms. The van der Waals surface area contributed by atoms with Crippen LogP contribution in [0, 0.1) is 11.3 Å². The van der Waals surface area contributed by atoms with Gasteiger partial charge in [0.15, 0.2) is 0 Å². The summed E-state index contributed by atoms with van der Waals surface area (Å²) in [5.74, 6) is -0.996. The summed E-state index contributed by atoms with van der Waals surface area (Å²) < 4.78 is 0. The van der Waals surface area contributed by atoms with Crippen LogP contribution < -0.4 is 10.8 Å². The summed E-state index contributed by atoms with van der Waals surface area (Å²) in [5, 5.41) is 16.5. The highest BCUT2D eigenvalue weighted by molar-refractivity contribution is 7.08. The van der Waals surface area contributed by atoms with E-state index in [9.17, 15) is 9.59 Å². The van der Waals surface area contributed by atoms with Gasteiger partial charge >= 0.3 is 0 Å². The lowest BCUT2D eigenvalue weighted by atomic mass is 9.81. The molecule has 6 nitrogen and oxygen atoms in total. The average molecular weight is 361 g/mol. The number of piperidine rings is 1. The van der Waals surface area contributed by atoms with E-state index in [1.54, 1.807) is 16.8 Å². The molecule has 3 aliphatic rings. The van der Waals surface area contributed by atoms with Gasteiger partial charge < -0.3 is 10.2 Å². The molecule has 3 N–H and O–H groups in total. The Hall–Kier alpha value is -1.70. The van der Waals surface area contributed by atoms with Gasteiger partial charge in [-0.3, -0.25) is 14.8 Å². The quantitative estimate of drug-likeness (QED) is 0.565. The first-order valence-corrected chi connectivity index (χ1v) is 9.74. The Bertz CT molecular complexity index is 696. The van der Waals surface area contributed by atoms with Crippen LogP contribution in [0.5, 0.6) is 0 Å². The van der Waals surface area contributed by atoms with Gasteiger partial charge in [0, 0.05) is 19.6 Å². The molecule has 2 fully saturated rings. The number of carbonyl (C=O) groups is 2. The maximum Gasteiger partial charge on any atom is 0.248 e. The molecule has 0 radical (unpaired) electrons. The number of nitrogens with one attached hydrogen (secondary N) is 2. The molecular formula is C18H23N3O3S. The molecule has 2 atom stereocenters. The number of carbonyl (C=O) groups excluding carboxylic acids is 2. The van der Waals surface area contributed by atoms with Crippen molar-refractivity contribution in [2.45, 2.75) is 31.7 Å². The summed E-state index contributed by atoms with van der Waals surface area (Å²) >= 11 is 1.68. The Morgan fingerprint density at radius 1 is 1.40 bits per heavy atom. The lowest BCUT2D eigenvalue weighted by Gasteiger charge is -2.38. The maximum absolute atomic E-state index is 13.0. The van der Waals surface area contributed by atoms with E-state index in [1.807, 2.05) is 4.90 Å². The number of nitrogens with zero attached hydrogens (tertiary/aromatic N) is 1. The van der Waals surface area contributed by atoms with Crippen molar-refractivity contribution in [3.05, 3.63) is 28.5 Å². The third-order valence-corrected chi connectivity index (χ3v) is 6.52. The summed E-state index contributed by atoms with van der Waals surface area (Å²) in [5.41, 5.74) is 4.43. The molecule has 0 aromatic carbocycles. The van der Waals surface area contributed by atoms with Gasteiger partial charge in [0.1, 0.15) is 0 Å². The van der Waals surface area contributed by atoms with Gasteiger partial charge in [-0.05, 0) is 59.1 Å². The van der Waals surface area contributed by atoms with Gasteiger partial charge in [-0.15, -0.1) is 0 Å². The van der Waals surface area contributed by atoms with Gasteiger partial charge in [-0.1, -0.05) is 6.08 Å². The fourth-order valence-electron chi connectivity index (χ4n) is 4.04. The number of hydrogen-bond donors (Lipinski definition) is 3. The van der Waals surface area contributed by atoms with Crippen LogP contribution in [0.1, 0.15) is 31.2 Å². The fraction of sp³-hybridized carbons (Fsp3) is 0.556. The highest BCUT2D eigenvalue weighted by Crippen LogP contribution is 2.52. The van der Waals surface area contributed by atoms with Gasteiger partial charge in [-0.25, -0.2) is 5.48 Å². The van der Waals surface area contributed by atoms with Crippen molar-refractivity contribution in [2.24, 2.45) is 11.3 Å². The Labute approximate surface area is 150 Å². The zero-order chi connectivity index (χ0) is 17.4. The van der Waals surface area contributed by atoms with E-state index in [1.165, 1.54) is 11.1 Å². The predicted octanol–water partition coefficient (Wildman–Crippen LogP) is 1.63. The number of rotatable bonds is 3. The summed E-state index contributed by atoms with van der Waals surface area (Å²) in [7, 11) is 0. The van der Waals surface area contributed by atoms with E-state index in [0.717, 1.165) is 25.8 Å². The lowest BCUT2D eigenvalue weighted by molar-refractivity contribution is -0.144. The second-order valence-electron chi connectivity index (χ2n) is 7.42. The Morgan fingerprint density at radius 2 is 2.24 bits per heavy atom. The molecule has 7 heteroatoms. The number of thiophene rings is 1. The lowest BCUT2D eigenvalue weighted by Crippen LogP contribution is -2.59. The number of hydroxylamine groups is 1. The van der Waals surface area contributed by atoms with Crippen LogP contribution in [0.4, 0.5) is 0 Å². The van der Waals surface area contributed by atoms with Crippen molar-refractivity contribution in [2.75, 3.05) is 19.6 Å². The Morgan fingerprint density at radius 3 is 2.84 bits per heavy atom. The van der Waals surface area contributed by atoms with Crippen LogP contribution in [-0.4, -0.2) is 47.6 Å². The molecule has 1 aliphatic carbocycles. The molecule has 1 aromatic rings. The van der Waals surface area contributed by atoms with Gasteiger partial charge in [-0.2, -0.15) is 11.3 Å². The zero-order valence-corrected chi connectivity index (χ0v) is 14.8. The van der Waals surface area contributed by atoms with Crippen LogP contribution in [0.2, 0.25) is 0 Å². The standard InChI is InChI=1S/C18H23N3O3S/c22-16(20-24)14-9-18(4-5-18)11-19-15(14)17(23)21-6-1-12(2-7-21)13-3-8-25-10-13/h1,3,8,10,14-15,19,24H,2,4-7,9,11H2,(H,20,22)/t14-,15-/m0/s1.